The molecule has 0 unspecified atom stereocenters. The molecule has 1 aliphatic heterocycles. The number of ether oxygens (including phenoxy) is 1. The molecule has 1 saturated heterocycles. The highest BCUT2D eigenvalue weighted by Gasteiger charge is 2.20. The maximum Gasteiger partial charge on any atom is 0.292 e. The van der Waals surface area contributed by atoms with Crippen molar-refractivity contribution in [3.8, 4) is 5.75 Å². The minimum atomic E-state index is -0.350. The molecule has 0 amide bonds. The van der Waals surface area contributed by atoms with Gasteiger partial charge in [0.25, 0.3) is 5.69 Å². The minimum absolute atomic E-state index is 0.0826. The Morgan fingerprint density at radius 1 is 1.29 bits per heavy atom. The molecule has 1 aliphatic rings. The Morgan fingerprint density at radius 3 is 2.75 bits per heavy atom. The number of piperazine rings is 1. The summed E-state index contributed by atoms with van der Waals surface area (Å²) in [5, 5.41) is 18.0. The number of aryl methyl sites for hydroxylation is 1. The number of nitrogens with one attached hydrogen (secondary N) is 2. The van der Waals surface area contributed by atoms with Gasteiger partial charge in [0.2, 0.25) is 0 Å². The Bertz CT molecular complexity index is 795. The van der Waals surface area contributed by atoms with Crippen molar-refractivity contribution in [1.82, 2.24) is 5.32 Å². The van der Waals surface area contributed by atoms with Gasteiger partial charge in [0, 0.05) is 44.0 Å². The molecular weight excluding hydrogens is 356 g/mol. The predicted octanol–water partition coefficient (Wildman–Crippen LogP) is 3.45. The molecule has 2 aromatic rings. The Balaban J connectivity index is 1.62. The number of hydrogen-bond acceptors (Lipinski definition) is 6. The zero-order valence-electron chi connectivity index (χ0n) is 16.5. The molecule has 1 atom stereocenters. The van der Waals surface area contributed by atoms with Gasteiger partial charge in [0.05, 0.1) is 4.92 Å². The van der Waals surface area contributed by atoms with Crippen molar-refractivity contribution >= 4 is 17.1 Å². The molecule has 0 aliphatic carbocycles. The third-order valence-electron chi connectivity index (χ3n) is 4.93. The summed E-state index contributed by atoms with van der Waals surface area (Å²) in [4.78, 5) is 13.3. The van der Waals surface area contributed by atoms with Crippen LogP contribution in [0.3, 0.4) is 0 Å². The van der Waals surface area contributed by atoms with E-state index in [0.717, 1.165) is 37.5 Å². The molecule has 0 radical (unpaired) electrons. The van der Waals surface area contributed by atoms with E-state index in [-0.39, 0.29) is 10.6 Å². The van der Waals surface area contributed by atoms with Crippen molar-refractivity contribution in [2.75, 3.05) is 43.0 Å². The van der Waals surface area contributed by atoms with Crippen LogP contribution < -0.4 is 20.3 Å². The van der Waals surface area contributed by atoms with Gasteiger partial charge in [0.1, 0.15) is 18.0 Å². The fourth-order valence-electron chi connectivity index (χ4n) is 3.36. The first-order valence-corrected chi connectivity index (χ1v) is 9.79. The second-order valence-corrected chi connectivity index (χ2v) is 7.03. The molecule has 2 aromatic carbocycles. The number of benzene rings is 2. The lowest BCUT2D eigenvalue weighted by atomic mass is 10.1. The maximum atomic E-state index is 11.4. The lowest BCUT2D eigenvalue weighted by molar-refractivity contribution is -0.383. The van der Waals surface area contributed by atoms with Crippen molar-refractivity contribution in [2.45, 2.75) is 26.3 Å². The Morgan fingerprint density at radius 2 is 2.07 bits per heavy atom. The first-order valence-electron chi connectivity index (χ1n) is 9.79. The minimum Gasteiger partial charge on any atom is -0.492 e. The van der Waals surface area contributed by atoms with Gasteiger partial charge < -0.3 is 20.3 Å². The first-order chi connectivity index (χ1) is 13.6. The standard InChI is InChI=1S/C21H28N4O3/c1-3-17-4-7-19(8-5-17)28-13-11-23-20-14-18(6-9-21(20)25(26)27)24-12-10-22-16(2)15-24/h4-9,14,16,22-23H,3,10-13,15H2,1-2H3/t16-/m1/s1. The van der Waals surface area contributed by atoms with Gasteiger partial charge in [-0.15, -0.1) is 0 Å². The van der Waals surface area contributed by atoms with E-state index in [9.17, 15) is 10.1 Å². The van der Waals surface area contributed by atoms with Crippen LogP contribution in [-0.4, -0.2) is 43.8 Å². The summed E-state index contributed by atoms with van der Waals surface area (Å²) < 4.78 is 5.74. The van der Waals surface area contributed by atoms with E-state index in [0.29, 0.717) is 24.9 Å². The van der Waals surface area contributed by atoms with Crippen LogP contribution in [0.15, 0.2) is 42.5 Å². The molecule has 1 fully saturated rings. The van der Waals surface area contributed by atoms with Gasteiger partial charge in [-0.25, -0.2) is 0 Å². The SMILES string of the molecule is CCc1ccc(OCCNc2cc(N3CCN[C@H](C)C3)ccc2[N+](=O)[O-])cc1. The zero-order valence-corrected chi connectivity index (χ0v) is 16.5. The molecule has 0 spiro atoms. The Hall–Kier alpha value is -2.80. The fourth-order valence-corrected chi connectivity index (χ4v) is 3.36. The number of rotatable bonds is 8. The first kappa shape index (κ1) is 19.9. The molecular formula is C21H28N4O3. The van der Waals surface area contributed by atoms with Crippen LogP contribution in [-0.2, 0) is 6.42 Å². The third-order valence-corrected chi connectivity index (χ3v) is 4.93. The monoisotopic (exact) mass is 384 g/mol. The van der Waals surface area contributed by atoms with E-state index < -0.39 is 0 Å². The van der Waals surface area contributed by atoms with E-state index in [1.165, 1.54) is 5.56 Å². The molecule has 1 heterocycles. The summed E-state index contributed by atoms with van der Waals surface area (Å²) in [5.74, 6) is 0.803. The summed E-state index contributed by atoms with van der Waals surface area (Å²) in [5.41, 5.74) is 2.87. The van der Waals surface area contributed by atoms with Crippen LogP contribution in [0.5, 0.6) is 5.75 Å². The molecule has 0 saturated carbocycles. The molecule has 7 nitrogen and oxygen atoms in total. The number of hydrogen-bond donors (Lipinski definition) is 2. The summed E-state index contributed by atoms with van der Waals surface area (Å²) in [6, 6.07) is 13.7. The molecule has 150 valence electrons. The highest BCUT2D eigenvalue weighted by Crippen LogP contribution is 2.30. The second kappa shape index (κ2) is 9.41. The number of anilines is 2. The molecule has 7 heteroatoms. The summed E-state index contributed by atoms with van der Waals surface area (Å²) in [6.45, 7) is 7.84. The van der Waals surface area contributed by atoms with E-state index in [1.807, 2.05) is 36.4 Å². The average molecular weight is 384 g/mol. The highest BCUT2D eigenvalue weighted by molar-refractivity contribution is 5.69. The third kappa shape index (κ3) is 5.13. The van der Waals surface area contributed by atoms with Crippen molar-refractivity contribution in [2.24, 2.45) is 0 Å². The highest BCUT2D eigenvalue weighted by atomic mass is 16.6. The lowest BCUT2D eigenvalue weighted by Gasteiger charge is -2.33. The maximum absolute atomic E-state index is 11.4. The van der Waals surface area contributed by atoms with Crippen LogP contribution in [0, 0.1) is 10.1 Å². The fraction of sp³-hybridized carbons (Fsp3) is 0.429. The molecule has 2 N–H and O–H groups in total. The van der Waals surface area contributed by atoms with Crippen molar-refractivity contribution in [1.29, 1.82) is 0 Å². The molecule has 0 aromatic heterocycles. The van der Waals surface area contributed by atoms with Crippen LogP contribution in [0.1, 0.15) is 19.4 Å². The quantitative estimate of drug-likeness (QED) is 0.412. The van der Waals surface area contributed by atoms with E-state index in [1.54, 1.807) is 6.07 Å². The largest absolute Gasteiger partial charge is 0.492 e. The van der Waals surface area contributed by atoms with Crippen molar-refractivity contribution in [3.63, 3.8) is 0 Å². The van der Waals surface area contributed by atoms with Crippen molar-refractivity contribution in [3.05, 3.63) is 58.1 Å². The Kier molecular flexibility index (Phi) is 6.71. The summed E-state index contributed by atoms with van der Waals surface area (Å²) in [6.07, 6.45) is 0.994. The second-order valence-electron chi connectivity index (χ2n) is 7.03. The van der Waals surface area contributed by atoms with Gasteiger partial charge >= 0.3 is 0 Å². The van der Waals surface area contributed by atoms with Crippen LogP contribution in [0.2, 0.25) is 0 Å². The van der Waals surface area contributed by atoms with Crippen LogP contribution >= 0.6 is 0 Å². The van der Waals surface area contributed by atoms with Crippen LogP contribution in [0.25, 0.3) is 0 Å². The Labute approximate surface area is 165 Å². The molecule has 3 rings (SSSR count). The van der Waals surface area contributed by atoms with Gasteiger partial charge in [0.15, 0.2) is 0 Å². The number of nitro groups is 1. The lowest BCUT2D eigenvalue weighted by Crippen LogP contribution is -2.49. The van der Waals surface area contributed by atoms with Gasteiger partial charge in [-0.2, -0.15) is 0 Å². The van der Waals surface area contributed by atoms with Crippen molar-refractivity contribution < 1.29 is 9.66 Å². The van der Waals surface area contributed by atoms with E-state index >= 15 is 0 Å². The average Bonchev–Trinajstić information content (AvgIpc) is 2.71. The predicted molar refractivity (Wildman–Crippen MR) is 113 cm³/mol. The number of nitro benzene ring substituents is 1. The number of nitrogens with zero attached hydrogens (tertiary/aromatic N) is 2. The van der Waals surface area contributed by atoms with Gasteiger partial charge in [-0.1, -0.05) is 19.1 Å². The van der Waals surface area contributed by atoms with E-state index in [4.69, 9.17) is 4.74 Å². The van der Waals surface area contributed by atoms with Gasteiger partial charge in [-0.3, -0.25) is 10.1 Å². The molecule has 0 bridgehead atoms. The normalized spacial score (nSPS) is 16.6. The van der Waals surface area contributed by atoms with Crippen LogP contribution in [0.4, 0.5) is 17.1 Å². The zero-order chi connectivity index (χ0) is 19.9. The topological polar surface area (TPSA) is 79.7 Å². The van der Waals surface area contributed by atoms with Gasteiger partial charge in [-0.05, 0) is 43.2 Å². The molecule has 28 heavy (non-hydrogen) atoms. The smallest absolute Gasteiger partial charge is 0.292 e. The van der Waals surface area contributed by atoms with E-state index in [2.05, 4.69) is 29.4 Å². The summed E-state index contributed by atoms with van der Waals surface area (Å²) in [7, 11) is 0. The summed E-state index contributed by atoms with van der Waals surface area (Å²) >= 11 is 0.